The van der Waals surface area contributed by atoms with Gasteiger partial charge < -0.3 is 4.57 Å². The minimum Gasteiger partial charge on any atom is -0.321 e. The first kappa shape index (κ1) is 13.1. The number of halogens is 2. The Balaban J connectivity index is 2.19. The second-order valence-corrected chi connectivity index (χ2v) is 5.38. The molecule has 2 heterocycles. The number of hydrogen-bond acceptors (Lipinski definition) is 2. The predicted octanol–water partition coefficient (Wildman–Crippen LogP) is 3.26. The van der Waals surface area contributed by atoms with E-state index in [0.717, 1.165) is 11.2 Å². The lowest BCUT2D eigenvalue weighted by Gasteiger charge is -2.10. The summed E-state index contributed by atoms with van der Waals surface area (Å²) in [6, 6.07) is 6.87. The van der Waals surface area contributed by atoms with Gasteiger partial charge in [0.2, 0.25) is 0 Å². The fourth-order valence-corrected chi connectivity index (χ4v) is 2.49. The van der Waals surface area contributed by atoms with Gasteiger partial charge >= 0.3 is 0 Å². The molecule has 0 aliphatic rings. The first-order valence-electron chi connectivity index (χ1n) is 6.33. The Labute approximate surface area is 120 Å². The molecule has 0 radical (unpaired) electrons. The topological polar surface area (TPSA) is 35.6 Å². The molecule has 0 saturated heterocycles. The number of rotatable bonds is 3. The van der Waals surface area contributed by atoms with Crippen LogP contribution >= 0.6 is 11.6 Å². The molecule has 20 heavy (non-hydrogen) atoms. The molecule has 0 aliphatic heterocycles. The molecule has 0 N–H and O–H groups in total. The minimum absolute atomic E-state index is 0.296. The molecule has 0 amide bonds. The Morgan fingerprint density at radius 2 is 2.15 bits per heavy atom. The van der Waals surface area contributed by atoms with E-state index in [1.807, 2.05) is 30.7 Å². The highest BCUT2D eigenvalue weighted by molar-refractivity contribution is 6.20. The zero-order valence-corrected chi connectivity index (χ0v) is 12.0. The standard InChI is InChI=1S/C14H14ClFN4/c1-9(15)14-18-13-11(16)4-3-5-12(13)20(14)8-10-6-7-17-19(10)2/h3-7,9H,8H2,1-2H3. The molecule has 4 nitrogen and oxygen atoms in total. The summed E-state index contributed by atoms with van der Waals surface area (Å²) in [7, 11) is 1.87. The highest BCUT2D eigenvalue weighted by Gasteiger charge is 2.18. The molecule has 0 bridgehead atoms. The van der Waals surface area contributed by atoms with Crippen LogP contribution < -0.4 is 0 Å². The summed E-state index contributed by atoms with van der Waals surface area (Å²) in [4.78, 5) is 4.35. The van der Waals surface area contributed by atoms with Crippen LogP contribution in [-0.2, 0) is 13.6 Å². The quantitative estimate of drug-likeness (QED) is 0.695. The minimum atomic E-state index is -0.329. The largest absolute Gasteiger partial charge is 0.321 e. The van der Waals surface area contributed by atoms with Crippen LogP contribution in [0.4, 0.5) is 4.39 Å². The van der Waals surface area contributed by atoms with E-state index in [0.29, 0.717) is 17.9 Å². The van der Waals surface area contributed by atoms with Crippen molar-refractivity contribution in [3.05, 3.63) is 47.8 Å². The molecular weight excluding hydrogens is 279 g/mol. The summed E-state index contributed by atoms with van der Waals surface area (Å²) in [6.45, 7) is 2.39. The Morgan fingerprint density at radius 1 is 1.35 bits per heavy atom. The van der Waals surface area contributed by atoms with Crippen LogP contribution in [0.15, 0.2) is 30.5 Å². The molecular formula is C14H14ClFN4. The second kappa shape index (κ2) is 4.90. The van der Waals surface area contributed by atoms with Gasteiger partial charge in [-0.2, -0.15) is 5.10 Å². The van der Waals surface area contributed by atoms with Gasteiger partial charge in [-0.1, -0.05) is 6.07 Å². The van der Waals surface area contributed by atoms with E-state index in [1.165, 1.54) is 6.07 Å². The smallest absolute Gasteiger partial charge is 0.151 e. The lowest BCUT2D eigenvalue weighted by molar-refractivity contribution is 0.637. The number of benzene rings is 1. The monoisotopic (exact) mass is 292 g/mol. The van der Waals surface area contributed by atoms with E-state index in [2.05, 4.69) is 10.1 Å². The highest BCUT2D eigenvalue weighted by atomic mass is 35.5. The Hall–Kier alpha value is -1.88. The van der Waals surface area contributed by atoms with Crippen molar-refractivity contribution < 1.29 is 4.39 Å². The number of fused-ring (bicyclic) bond motifs is 1. The molecule has 1 atom stereocenters. The van der Waals surface area contributed by atoms with Gasteiger partial charge in [-0.3, -0.25) is 4.68 Å². The van der Waals surface area contributed by atoms with Crippen molar-refractivity contribution in [1.82, 2.24) is 19.3 Å². The van der Waals surface area contributed by atoms with Gasteiger partial charge in [-0.05, 0) is 25.1 Å². The summed E-state index contributed by atoms with van der Waals surface area (Å²) in [6.07, 6.45) is 1.73. The fourth-order valence-electron chi connectivity index (χ4n) is 2.32. The first-order chi connectivity index (χ1) is 9.58. The van der Waals surface area contributed by atoms with Crippen LogP contribution in [0.1, 0.15) is 23.8 Å². The van der Waals surface area contributed by atoms with E-state index in [9.17, 15) is 4.39 Å². The third-order valence-electron chi connectivity index (χ3n) is 3.36. The third-order valence-corrected chi connectivity index (χ3v) is 3.55. The second-order valence-electron chi connectivity index (χ2n) is 4.73. The Bertz CT molecular complexity index is 760. The summed E-state index contributed by atoms with van der Waals surface area (Å²) >= 11 is 6.18. The number of imidazole rings is 1. The Kier molecular flexibility index (Phi) is 3.22. The van der Waals surface area contributed by atoms with Crippen molar-refractivity contribution in [3.63, 3.8) is 0 Å². The van der Waals surface area contributed by atoms with Gasteiger partial charge in [0.05, 0.1) is 23.1 Å². The number of hydrogen-bond donors (Lipinski definition) is 0. The number of aromatic nitrogens is 4. The van der Waals surface area contributed by atoms with Gasteiger partial charge in [-0.25, -0.2) is 9.37 Å². The fraction of sp³-hybridized carbons (Fsp3) is 0.286. The molecule has 3 rings (SSSR count). The van der Waals surface area contributed by atoms with Crippen molar-refractivity contribution in [3.8, 4) is 0 Å². The van der Waals surface area contributed by atoms with Crippen LogP contribution in [0.5, 0.6) is 0 Å². The summed E-state index contributed by atoms with van der Waals surface area (Å²) < 4.78 is 17.6. The SMILES string of the molecule is CC(Cl)c1nc2c(F)cccc2n1Cc1ccnn1C. The maximum Gasteiger partial charge on any atom is 0.151 e. The lowest BCUT2D eigenvalue weighted by Crippen LogP contribution is -2.09. The summed E-state index contributed by atoms with van der Waals surface area (Å²) in [5.74, 6) is 0.331. The molecule has 2 aromatic heterocycles. The molecule has 0 spiro atoms. The van der Waals surface area contributed by atoms with Gasteiger partial charge in [0.25, 0.3) is 0 Å². The van der Waals surface area contributed by atoms with Gasteiger partial charge in [0.1, 0.15) is 11.3 Å². The molecule has 0 saturated carbocycles. The van der Waals surface area contributed by atoms with Crippen LogP contribution in [0.3, 0.4) is 0 Å². The van der Waals surface area contributed by atoms with E-state index in [-0.39, 0.29) is 11.2 Å². The molecule has 0 fully saturated rings. The zero-order valence-electron chi connectivity index (χ0n) is 11.2. The number of aryl methyl sites for hydroxylation is 1. The normalized spacial score (nSPS) is 13.0. The van der Waals surface area contributed by atoms with E-state index in [1.54, 1.807) is 16.9 Å². The molecule has 3 aromatic rings. The van der Waals surface area contributed by atoms with Crippen molar-refractivity contribution in [2.45, 2.75) is 18.8 Å². The van der Waals surface area contributed by atoms with Crippen molar-refractivity contribution in [2.75, 3.05) is 0 Å². The number of alkyl halides is 1. The molecule has 6 heteroatoms. The van der Waals surface area contributed by atoms with Crippen LogP contribution in [0.25, 0.3) is 11.0 Å². The van der Waals surface area contributed by atoms with Gasteiger partial charge in [0, 0.05) is 13.2 Å². The van der Waals surface area contributed by atoms with E-state index >= 15 is 0 Å². The molecule has 1 aromatic carbocycles. The van der Waals surface area contributed by atoms with Crippen molar-refractivity contribution >= 4 is 22.6 Å². The van der Waals surface area contributed by atoms with Crippen molar-refractivity contribution in [1.29, 1.82) is 0 Å². The maximum atomic E-state index is 13.9. The summed E-state index contributed by atoms with van der Waals surface area (Å²) in [5, 5.41) is 3.85. The zero-order chi connectivity index (χ0) is 14.3. The predicted molar refractivity (Wildman–Crippen MR) is 76.3 cm³/mol. The number of para-hydroxylation sites is 1. The van der Waals surface area contributed by atoms with Crippen molar-refractivity contribution in [2.24, 2.45) is 7.05 Å². The maximum absolute atomic E-state index is 13.9. The lowest BCUT2D eigenvalue weighted by atomic mass is 10.3. The number of nitrogens with zero attached hydrogens (tertiary/aromatic N) is 4. The first-order valence-corrected chi connectivity index (χ1v) is 6.77. The third kappa shape index (κ3) is 2.08. The van der Waals surface area contributed by atoms with Crippen LogP contribution in [-0.4, -0.2) is 19.3 Å². The van der Waals surface area contributed by atoms with Crippen LogP contribution in [0, 0.1) is 5.82 Å². The van der Waals surface area contributed by atoms with E-state index in [4.69, 9.17) is 11.6 Å². The average Bonchev–Trinajstić information content (AvgIpc) is 2.96. The van der Waals surface area contributed by atoms with Crippen LogP contribution in [0.2, 0.25) is 0 Å². The van der Waals surface area contributed by atoms with Gasteiger partial charge in [0.15, 0.2) is 5.82 Å². The molecule has 1 unspecified atom stereocenters. The van der Waals surface area contributed by atoms with E-state index < -0.39 is 0 Å². The Morgan fingerprint density at radius 3 is 2.80 bits per heavy atom. The molecule has 0 aliphatic carbocycles. The molecule has 104 valence electrons. The average molecular weight is 293 g/mol. The summed E-state index contributed by atoms with van der Waals surface area (Å²) in [5.41, 5.74) is 2.11. The van der Waals surface area contributed by atoms with Gasteiger partial charge in [-0.15, -0.1) is 11.6 Å². The highest BCUT2D eigenvalue weighted by Crippen LogP contribution is 2.26.